The van der Waals surface area contributed by atoms with Crippen LogP contribution in [0.4, 0.5) is 10.1 Å². The molecule has 0 heterocycles. The number of hydrogen-bond donors (Lipinski definition) is 1. The van der Waals surface area contributed by atoms with Crippen LogP contribution in [0.15, 0.2) is 42.5 Å². The van der Waals surface area contributed by atoms with Crippen molar-refractivity contribution in [3.63, 3.8) is 0 Å². The average molecular weight is 532 g/mol. The van der Waals surface area contributed by atoms with Crippen molar-refractivity contribution in [2.24, 2.45) is 0 Å². The van der Waals surface area contributed by atoms with E-state index in [-0.39, 0.29) is 48.1 Å². The number of rotatable bonds is 11. The van der Waals surface area contributed by atoms with E-state index in [2.05, 4.69) is 5.32 Å². The maximum Gasteiger partial charge on any atom is 0.242 e. The van der Waals surface area contributed by atoms with Gasteiger partial charge in [-0.2, -0.15) is 0 Å². The Morgan fingerprint density at radius 1 is 1.15 bits per heavy atom. The van der Waals surface area contributed by atoms with Crippen molar-refractivity contribution in [3.05, 3.63) is 63.9 Å². The Bertz CT molecular complexity index is 1130. The van der Waals surface area contributed by atoms with Crippen molar-refractivity contribution in [1.29, 1.82) is 0 Å². The lowest BCUT2D eigenvalue weighted by Crippen LogP contribution is -2.47. The van der Waals surface area contributed by atoms with E-state index in [0.29, 0.717) is 11.6 Å². The van der Waals surface area contributed by atoms with Crippen molar-refractivity contribution in [2.75, 3.05) is 23.7 Å². The largest absolute Gasteiger partial charge is 0.355 e. The van der Waals surface area contributed by atoms with Crippen LogP contribution in [0.2, 0.25) is 10.0 Å². The van der Waals surface area contributed by atoms with E-state index in [4.69, 9.17) is 23.2 Å². The molecule has 0 spiro atoms. The molecule has 0 aliphatic rings. The fourth-order valence-corrected chi connectivity index (χ4v) is 4.78. The molecule has 7 nitrogen and oxygen atoms in total. The first-order chi connectivity index (χ1) is 16.0. The molecule has 34 heavy (non-hydrogen) atoms. The summed E-state index contributed by atoms with van der Waals surface area (Å²) in [4.78, 5) is 26.8. The molecular formula is C23H28Cl2FN3O4S. The van der Waals surface area contributed by atoms with Gasteiger partial charge in [-0.1, -0.05) is 41.4 Å². The van der Waals surface area contributed by atoms with Gasteiger partial charge < -0.3 is 10.2 Å². The van der Waals surface area contributed by atoms with Crippen LogP contribution in [0.3, 0.4) is 0 Å². The van der Waals surface area contributed by atoms with Gasteiger partial charge in [0.1, 0.15) is 11.9 Å². The van der Waals surface area contributed by atoms with Crippen molar-refractivity contribution in [3.8, 4) is 0 Å². The number of halogens is 3. The van der Waals surface area contributed by atoms with Crippen molar-refractivity contribution in [1.82, 2.24) is 10.2 Å². The normalized spacial score (nSPS) is 12.2. The lowest BCUT2D eigenvalue weighted by Gasteiger charge is -2.29. The van der Waals surface area contributed by atoms with Gasteiger partial charge >= 0.3 is 0 Å². The van der Waals surface area contributed by atoms with Gasteiger partial charge in [0.15, 0.2) is 0 Å². The number of nitrogens with zero attached hydrogens (tertiary/aromatic N) is 2. The first-order valence-electron chi connectivity index (χ1n) is 10.7. The highest BCUT2D eigenvalue weighted by molar-refractivity contribution is 7.92. The zero-order valence-corrected chi connectivity index (χ0v) is 21.6. The SMILES string of the molecule is CCNC(=O)[C@@H](C)N(Cc1ccccc1F)C(=O)CCCN(c1cc(Cl)ccc1Cl)S(C)(=O)=O. The Labute approximate surface area is 209 Å². The van der Waals surface area contributed by atoms with Crippen molar-refractivity contribution < 1.29 is 22.4 Å². The minimum atomic E-state index is -3.72. The average Bonchev–Trinajstić information content (AvgIpc) is 2.76. The van der Waals surface area contributed by atoms with E-state index in [1.807, 2.05) is 0 Å². The minimum Gasteiger partial charge on any atom is -0.355 e. The molecule has 1 atom stereocenters. The molecule has 2 rings (SSSR count). The Hall–Kier alpha value is -2.36. The first-order valence-corrected chi connectivity index (χ1v) is 13.3. The lowest BCUT2D eigenvalue weighted by molar-refractivity contribution is -0.140. The minimum absolute atomic E-state index is 0.0340. The molecule has 2 aromatic carbocycles. The number of anilines is 1. The van der Waals surface area contributed by atoms with E-state index < -0.39 is 27.8 Å². The molecule has 0 aromatic heterocycles. The summed E-state index contributed by atoms with van der Waals surface area (Å²) in [5.74, 6) is -1.26. The van der Waals surface area contributed by atoms with E-state index in [1.165, 1.54) is 23.1 Å². The molecule has 0 aliphatic carbocycles. The molecule has 1 N–H and O–H groups in total. The number of benzene rings is 2. The Kier molecular flexibility index (Phi) is 10.1. The number of nitrogens with one attached hydrogen (secondary N) is 1. The van der Waals surface area contributed by atoms with Gasteiger partial charge in [0.25, 0.3) is 0 Å². The Morgan fingerprint density at radius 3 is 2.44 bits per heavy atom. The van der Waals surface area contributed by atoms with Gasteiger partial charge in [0.05, 0.1) is 17.0 Å². The Balaban J connectivity index is 2.20. The molecular weight excluding hydrogens is 504 g/mol. The zero-order valence-electron chi connectivity index (χ0n) is 19.2. The maximum atomic E-state index is 14.2. The van der Waals surface area contributed by atoms with E-state index in [0.717, 1.165) is 10.6 Å². The highest BCUT2D eigenvalue weighted by atomic mass is 35.5. The fraction of sp³-hybridized carbons (Fsp3) is 0.391. The van der Waals surface area contributed by atoms with Crippen molar-refractivity contribution >= 4 is 50.7 Å². The third kappa shape index (κ3) is 7.58. The van der Waals surface area contributed by atoms with Gasteiger partial charge in [-0.3, -0.25) is 13.9 Å². The molecule has 11 heteroatoms. The summed E-state index contributed by atoms with van der Waals surface area (Å²) in [6, 6.07) is 9.65. The second-order valence-corrected chi connectivity index (χ2v) is 10.5. The standard InChI is InChI=1S/C23H28Cl2FN3O4S/c1-4-27-23(31)16(2)28(15-17-8-5-6-9-20(17)26)22(30)10-7-13-29(34(3,32)33)21-14-18(24)11-12-19(21)25/h5-6,8-9,11-12,14,16H,4,7,10,13,15H2,1-3H3,(H,27,31)/t16-/m1/s1. The van der Waals surface area contributed by atoms with Gasteiger partial charge in [0.2, 0.25) is 21.8 Å². The predicted octanol–water partition coefficient (Wildman–Crippen LogP) is 4.23. The van der Waals surface area contributed by atoms with Crippen LogP contribution in [0.5, 0.6) is 0 Å². The number of likely N-dealkylation sites (N-methyl/N-ethyl adjacent to an activating group) is 1. The van der Waals surface area contributed by atoms with Crippen LogP contribution in [0.1, 0.15) is 32.3 Å². The number of sulfonamides is 1. The fourth-order valence-electron chi connectivity index (χ4n) is 3.37. The molecule has 186 valence electrons. The molecule has 0 bridgehead atoms. The van der Waals surface area contributed by atoms with Crippen LogP contribution in [0, 0.1) is 5.82 Å². The highest BCUT2D eigenvalue weighted by Crippen LogP contribution is 2.31. The lowest BCUT2D eigenvalue weighted by atomic mass is 10.1. The summed E-state index contributed by atoms with van der Waals surface area (Å²) in [5, 5.41) is 3.18. The molecule has 2 aromatic rings. The second-order valence-electron chi connectivity index (χ2n) is 7.72. The summed E-state index contributed by atoms with van der Waals surface area (Å²) < 4.78 is 40.1. The number of hydrogen-bond acceptors (Lipinski definition) is 4. The second kappa shape index (κ2) is 12.4. The molecule has 0 saturated carbocycles. The molecule has 0 aliphatic heterocycles. The van der Waals surface area contributed by atoms with Crippen LogP contribution in [-0.2, 0) is 26.2 Å². The summed E-state index contributed by atoms with van der Waals surface area (Å²) >= 11 is 12.2. The summed E-state index contributed by atoms with van der Waals surface area (Å²) in [7, 11) is -3.72. The topological polar surface area (TPSA) is 86.8 Å². The molecule has 0 radical (unpaired) electrons. The van der Waals surface area contributed by atoms with E-state index in [9.17, 15) is 22.4 Å². The number of amides is 2. The third-order valence-corrected chi connectivity index (χ3v) is 6.88. The monoisotopic (exact) mass is 531 g/mol. The summed E-state index contributed by atoms with van der Waals surface area (Å²) in [6.45, 7) is 3.58. The Morgan fingerprint density at radius 2 is 1.82 bits per heavy atom. The van der Waals surface area contributed by atoms with Crippen molar-refractivity contribution in [2.45, 2.75) is 39.3 Å². The molecule has 0 fully saturated rings. The maximum absolute atomic E-state index is 14.2. The van der Waals surface area contributed by atoms with Crippen LogP contribution >= 0.6 is 23.2 Å². The quantitative estimate of drug-likeness (QED) is 0.469. The smallest absolute Gasteiger partial charge is 0.242 e. The van der Waals surface area contributed by atoms with Crippen LogP contribution in [-0.4, -0.2) is 50.5 Å². The molecule has 2 amide bonds. The van der Waals surface area contributed by atoms with Gasteiger partial charge in [-0.15, -0.1) is 0 Å². The highest BCUT2D eigenvalue weighted by Gasteiger charge is 2.27. The van der Waals surface area contributed by atoms with Gasteiger partial charge in [-0.05, 0) is 44.5 Å². The van der Waals surface area contributed by atoms with E-state index in [1.54, 1.807) is 38.1 Å². The van der Waals surface area contributed by atoms with Crippen LogP contribution in [0.25, 0.3) is 0 Å². The molecule has 0 saturated heterocycles. The predicted molar refractivity (Wildman–Crippen MR) is 133 cm³/mol. The van der Waals surface area contributed by atoms with Crippen LogP contribution < -0.4 is 9.62 Å². The first kappa shape index (κ1) is 27.9. The van der Waals surface area contributed by atoms with Gasteiger partial charge in [-0.25, -0.2) is 12.8 Å². The number of carbonyl (C=O) groups is 2. The van der Waals surface area contributed by atoms with E-state index >= 15 is 0 Å². The summed E-state index contributed by atoms with van der Waals surface area (Å²) in [6.07, 6.45) is 1.11. The third-order valence-electron chi connectivity index (χ3n) is 5.15. The summed E-state index contributed by atoms with van der Waals surface area (Å²) in [5.41, 5.74) is 0.485. The zero-order chi connectivity index (χ0) is 25.5. The molecule has 0 unspecified atom stereocenters. The number of carbonyl (C=O) groups excluding carboxylic acids is 2. The van der Waals surface area contributed by atoms with Gasteiger partial charge in [0, 0.05) is 36.6 Å².